The van der Waals surface area contributed by atoms with Gasteiger partial charge in [-0.2, -0.15) is 0 Å². The van der Waals surface area contributed by atoms with E-state index in [1.54, 1.807) is 0 Å². The van der Waals surface area contributed by atoms with E-state index in [2.05, 4.69) is 10.2 Å². The molecule has 0 rings (SSSR count). The first-order valence-electron chi connectivity index (χ1n) is 4.46. The Balaban J connectivity index is 3.60. The third-order valence-electron chi connectivity index (χ3n) is 1.80. The van der Waals surface area contributed by atoms with E-state index in [1.165, 1.54) is 0 Å². The molecule has 5 N–H and O–H groups in total. The zero-order valence-electron chi connectivity index (χ0n) is 8.25. The van der Waals surface area contributed by atoms with Crippen LogP contribution in [0.2, 0.25) is 0 Å². The molecule has 0 aromatic heterocycles. The first-order valence-corrected chi connectivity index (χ1v) is 4.46. The zero-order valence-corrected chi connectivity index (χ0v) is 8.25. The molecular weight excluding hydrogens is 170 g/mol. The van der Waals surface area contributed by atoms with Crippen molar-refractivity contribution in [2.24, 2.45) is 11.6 Å². The van der Waals surface area contributed by atoms with Crippen molar-refractivity contribution in [3.05, 3.63) is 0 Å². The van der Waals surface area contributed by atoms with Crippen LogP contribution < -0.4 is 16.9 Å². The molecule has 0 saturated carbocycles. The molecule has 0 saturated heterocycles. The van der Waals surface area contributed by atoms with Gasteiger partial charge in [0.15, 0.2) is 0 Å². The lowest BCUT2D eigenvalue weighted by Gasteiger charge is -2.16. The van der Waals surface area contributed by atoms with Crippen LogP contribution in [0.15, 0.2) is 0 Å². The van der Waals surface area contributed by atoms with Gasteiger partial charge in [-0.15, -0.1) is 0 Å². The molecule has 0 aromatic carbocycles. The second-order valence-corrected chi connectivity index (χ2v) is 3.18. The smallest absolute Gasteiger partial charge is 0.248 e. The van der Waals surface area contributed by atoms with Crippen LogP contribution in [-0.4, -0.2) is 24.6 Å². The number of nitrogens with two attached hydrogens (primary N) is 2. The highest BCUT2D eigenvalue weighted by Gasteiger charge is 2.09. The van der Waals surface area contributed by atoms with Gasteiger partial charge < -0.3 is 11.1 Å². The van der Waals surface area contributed by atoms with E-state index in [1.807, 2.05) is 13.8 Å². The maximum Gasteiger partial charge on any atom is 0.248 e. The van der Waals surface area contributed by atoms with Crippen LogP contribution >= 0.6 is 0 Å². The highest BCUT2D eigenvalue weighted by atomic mass is 16.6. The number of rotatable bonds is 6. The van der Waals surface area contributed by atoms with Crippen molar-refractivity contribution < 1.29 is 9.63 Å². The Hall–Kier alpha value is -0.650. The summed E-state index contributed by atoms with van der Waals surface area (Å²) in [4.78, 5) is 15.2. The van der Waals surface area contributed by atoms with Crippen molar-refractivity contribution in [2.75, 3.05) is 6.61 Å². The molecule has 0 fully saturated rings. The Morgan fingerprint density at radius 1 is 1.62 bits per heavy atom. The minimum atomic E-state index is -0.210. The van der Waals surface area contributed by atoms with Crippen LogP contribution in [0.3, 0.4) is 0 Å². The molecule has 0 aliphatic rings. The fraction of sp³-hybridized carbons (Fsp3) is 0.875. The molecule has 0 aliphatic heterocycles. The number of hydrogen-bond donors (Lipinski definition) is 3. The molecule has 0 aliphatic carbocycles. The number of amides is 1. The van der Waals surface area contributed by atoms with Crippen molar-refractivity contribution in [3.8, 4) is 0 Å². The molecule has 13 heavy (non-hydrogen) atoms. The Bertz CT molecular complexity index is 152. The predicted octanol–water partition coefficient (Wildman–Crippen LogP) is -0.491. The van der Waals surface area contributed by atoms with Gasteiger partial charge in [-0.25, -0.2) is 5.90 Å². The summed E-state index contributed by atoms with van der Waals surface area (Å²) in [7, 11) is 0. The normalized spacial score (nSPS) is 15.1. The van der Waals surface area contributed by atoms with Gasteiger partial charge >= 0.3 is 0 Å². The Morgan fingerprint density at radius 3 is 2.69 bits per heavy atom. The van der Waals surface area contributed by atoms with Crippen LogP contribution in [0.1, 0.15) is 26.7 Å². The van der Waals surface area contributed by atoms with Crippen molar-refractivity contribution in [1.82, 2.24) is 5.32 Å². The summed E-state index contributed by atoms with van der Waals surface area (Å²) < 4.78 is 0. The summed E-state index contributed by atoms with van der Waals surface area (Å²) in [6, 6.07) is 0.201. The summed E-state index contributed by atoms with van der Waals surface area (Å²) >= 11 is 0. The number of carbonyl (C=O) groups is 1. The fourth-order valence-corrected chi connectivity index (χ4v) is 1.07. The Morgan fingerprint density at radius 2 is 2.23 bits per heavy atom. The average molecular weight is 189 g/mol. The first kappa shape index (κ1) is 12.3. The second-order valence-electron chi connectivity index (χ2n) is 3.18. The van der Waals surface area contributed by atoms with E-state index >= 15 is 0 Å². The quantitative estimate of drug-likeness (QED) is 0.492. The monoisotopic (exact) mass is 189 g/mol. The highest BCUT2D eigenvalue weighted by Crippen LogP contribution is 1.98. The lowest BCUT2D eigenvalue weighted by atomic mass is 10.1. The van der Waals surface area contributed by atoms with Gasteiger partial charge in [0.25, 0.3) is 0 Å². The lowest BCUT2D eigenvalue weighted by Crippen LogP contribution is -2.39. The lowest BCUT2D eigenvalue weighted by molar-refractivity contribution is -0.126. The Labute approximate surface area is 78.8 Å². The van der Waals surface area contributed by atoms with Crippen molar-refractivity contribution >= 4 is 5.91 Å². The molecule has 78 valence electrons. The molecule has 2 atom stereocenters. The summed E-state index contributed by atoms with van der Waals surface area (Å²) in [5, 5.41) is 2.72. The van der Waals surface area contributed by atoms with Crippen LogP contribution in [0.25, 0.3) is 0 Å². The van der Waals surface area contributed by atoms with Gasteiger partial charge in [-0.3, -0.25) is 9.63 Å². The molecule has 0 spiro atoms. The molecule has 0 heterocycles. The van der Waals surface area contributed by atoms with E-state index in [0.29, 0.717) is 0 Å². The van der Waals surface area contributed by atoms with Crippen molar-refractivity contribution in [2.45, 2.75) is 38.8 Å². The minimum absolute atomic E-state index is 0.0672. The SMILES string of the molecule is CCC(N)CC(C)NC(=O)CON. The fourth-order valence-electron chi connectivity index (χ4n) is 1.07. The van der Waals surface area contributed by atoms with E-state index < -0.39 is 0 Å². The summed E-state index contributed by atoms with van der Waals surface area (Å²) in [6.07, 6.45) is 1.68. The van der Waals surface area contributed by atoms with Crippen LogP contribution in [0.5, 0.6) is 0 Å². The molecule has 2 unspecified atom stereocenters. The van der Waals surface area contributed by atoms with E-state index in [0.717, 1.165) is 12.8 Å². The molecule has 1 amide bonds. The van der Waals surface area contributed by atoms with Gasteiger partial charge in [0, 0.05) is 12.1 Å². The minimum Gasteiger partial charge on any atom is -0.352 e. The summed E-state index contributed by atoms with van der Waals surface area (Å²) in [5.74, 6) is 4.54. The maximum absolute atomic E-state index is 11.0. The van der Waals surface area contributed by atoms with Gasteiger partial charge in [0.2, 0.25) is 5.91 Å². The van der Waals surface area contributed by atoms with Crippen LogP contribution in [-0.2, 0) is 9.63 Å². The first-order chi connectivity index (χ1) is 6.10. The number of nitrogens with one attached hydrogen (secondary N) is 1. The number of hydrogen-bond acceptors (Lipinski definition) is 4. The third kappa shape index (κ3) is 6.51. The van der Waals surface area contributed by atoms with Gasteiger partial charge in [0.1, 0.15) is 6.61 Å². The van der Waals surface area contributed by atoms with Gasteiger partial charge in [-0.05, 0) is 19.8 Å². The standard InChI is InChI=1S/C8H19N3O2/c1-3-7(9)4-6(2)11-8(12)5-13-10/h6-7H,3-5,9-10H2,1-2H3,(H,11,12). The van der Waals surface area contributed by atoms with Crippen LogP contribution in [0.4, 0.5) is 0 Å². The third-order valence-corrected chi connectivity index (χ3v) is 1.80. The number of carbonyl (C=O) groups excluding carboxylic acids is 1. The summed E-state index contributed by atoms with van der Waals surface area (Å²) in [5.41, 5.74) is 5.72. The van der Waals surface area contributed by atoms with Crippen molar-refractivity contribution in [1.29, 1.82) is 0 Å². The van der Waals surface area contributed by atoms with Gasteiger partial charge in [0.05, 0.1) is 0 Å². The highest BCUT2D eigenvalue weighted by molar-refractivity contribution is 5.77. The topological polar surface area (TPSA) is 90.4 Å². The molecule has 0 aromatic rings. The average Bonchev–Trinajstić information content (AvgIpc) is 2.04. The van der Waals surface area contributed by atoms with Crippen molar-refractivity contribution in [3.63, 3.8) is 0 Å². The van der Waals surface area contributed by atoms with Gasteiger partial charge in [-0.1, -0.05) is 6.92 Å². The molecule has 5 heteroatoms. The summed E-state index contributed by atoms with van der Waals surface area (Å²) in [6.45, 7) is 3.82. The maximum atomic E-state index is 11.0. The Kier molecular flexibility index (Phi) is 6.48. The van der Waals surface area contributed by atoms with E-state index in [-0.39, 0.29) is 24.6 Å². The predicted molar refractivity (Wildman–Crippen MR) is 50.6 cm³/mol. The van der Waals surface area contributed by atoms with E-state index in [9.17, 15) is 4.79 Å². The molecule has 0 radical (unpaired) electrons. The largest absolute Gasteiger partial charge is 0.352 e. The van der Waals surface area contributed by atoms with Crippen LogP contribution in [0, 0.1) is 0 Å². The molecule has 5 nitrogen and oxygen atoms in total. The second kappa shape index (κ2) is 6.82. The van der Waals surface area contributed by atoms with E-state index in [4.69, 9.17) is 11.6 Å². The molecule has 0 bridgehead atoms. The molecular formula is C8H19N3O2. The zero-order chi connectivity index (χ0) is 10.3.